The molecule has 3 aliphatic rings. The van der Waals surface area contributed by atoms with Crippen LogP contribution in [0.5, 0.6) is 23.0 Å². The molecule has 0 saturated carbocycles. The highest BCUT2D eigenvalue weighted by Crippen LogP contribution is 2.40. The topological polar surface area (TPSA) is 88.7 Å². The normalized spacial score (nSPS) is 14.2. The molecule has 9 heteroatoms. The van der Waals surface area contributed by atoms with Crippen LogP contribution in [0.4, 0.5) is 0 Å². The summed E-state index contributed by atoms with van der Waals surface area (Å²) in [4.78, 5) is 0. The first-order chi connectivity index (χ1) is 26.1. The molecule has 2 heterocycles. The van der Waals surface area contributed by atoms with E-state index in [4.69, 9.17) is 33.2 Å². The summed E-state index contributed by atoms with van der Waals surface area (Å²) in [5.41, 5.74) is 11.2. The SMILES string of the molecule is CCOCCOc1c2cccc1Cc1cc(CNC)cc3c1OCCOCCOc1c(cc(CNC)cc1Cc1cccc(c1OCCOCC)C3)C2. The molecule has 53 heavy (non-hydrogen) atoms. The van der Waals surface area contributed by atoms with Gasteiger partial charge in [-0.2, -0.15) is 0 Å². The Morgan fingerprint density at radius 1 is 0.509 bits per heavy atom. The summed E-state index contributed by atoms with van der Waals surface area (Å²) >= 11 is 0. The van der Waals surface area contributed by atoms with E-state index >= 15 is 0 Å². The fourth-order valence-corrected chi connectivity index (χ4v) is 7.39. The van der Waals surface area contributed by atoms with Crippen molar-refractivity contribution in [1.82, 2.24) is 10.6 Å². The van der Waals surface area contributed by atoms with Crippen molar-refractivity contribution < 1.29 is 33.2 Å². The maximum absolute atomic E-state index is 6.72. The number of hydrogen-bond donors (Lipinski definition) is 2. The number of nitrogens with one attached hydrogen (secondary N) is 2. The van der Waals surface area contributed by atoms with Crippen molar-refractivity contribution in [2.45, 2.75) is 52.6 Å². The van der Waals surface area contributed by atoms with Crippen molar-refractivity contribution in [3.8, 4) is 23.0 Å². The quantitative estimate of drug-likeness (QED) is 0.0996. The zero-order chi connectivity index (χ0) is 36.8. The molecule has 9 nitrogen and oxygen atoms in total. The first-order valence-electron chi connectivity index (χ1n) is 19.2. The number of hydrogen-bond acceptors (Lipinski definition) is 9. The number of ether oxygens (including phenoxy) is 7. The first kappa shape index (κ1) is 38.6. The lowest BCUT2D eigenvalue weighted by Crippen LogP contribution is -2.17. The lowest BCUT2D eigenvalue weighted by atomic mass is 9.89. The highest BCUT2D eigenvalue weighted by molar-refractivity contribution is 5.57. The number of para-hydroxylation sites is 2. The van der Waals surface area contributed by atoms with E-state index in [1.54, 1.807) is 0 Å². The van der Waals surface area contributed by atoms with Gasteiger partial charge < -0.3 is 43.8 Å². The van der Waals surface area contributed by atoms with Gasteiger partial charge in [-0.25, -0.2) is 0 Å². The number of rotatable bonds is 14. The van der Waals surface area contributed by atoms with Crippen LogP contribution in [0.2, 0.25) is 0 Å². The van der Waals surface area contributed by atoms with Gasteiger partial charge in [-0.3, -0.25) is 0 Å². The second kappa shape index (κ2) is 19.8. The largest absolute Gasteiger partial charge is 0.491 e. The Kier molecular flexibility index (Phi) is 14.4. The van der Waals surface area contributed by atoms with Gasteiger partial charge in [0.15, 0.2) is 0 Å². The van der Waals surface area contributed by atoms with Crippen LogP contribution < -0.4 is 29.6 Å². The third kappa shape index (κ3) is 10.1. The van der Waals surface area contributed by atoms with Gasteiger partial charge in [0.05, 0.1) is 26.4 Å². The molecule has 0 aromatic heterocycles. The van der Waals surface area contributed by atoms with Crippen LogP contribution in [0.1, 0.15) is 69.5 Å². The molecule has 4 aromatic rings. The van der Waals surface area contributed by atoms with Gasteiger partial charge in [-0.1, -0.05) is 60.7 Å². The Hall–Kier alpha value is -4.12. The van der Waals surface area contributed by atoms with E-state index in [2.05, 4.69) is 71.3 Å². The molecular formula is C44H56N2O7. The summed E-state index contributed by atoms with van der Waals surface area (Å²) in [5.74, 6) is 3.54. The maximum Gasteiger partial charge on any atom is 0.126 e. The summed E-state index contributed by atoms with van der Waals surface area (Å²) in [6.07, 6.45) is 2.52. The van der Waals surface area contributed by atoms with Crippen LogP contribution in [-0.4, -0.2) is 80.2 Å². The fraction of sp³-hybridized carbons (Fsp3) is 0.455. The van der Waals surface area contributed by atoms with Crippen LogP contribution in [0.25, 0.3) is 0 Å². The highest BCUT2D eigenvalue weighted by Gasteiger charge is 2.23. The maximum atomic E-state index is 6.72. The summed E-state index contributed by atoms with van der Waals surface area (Å²) in [6, 6.07) is 22.1. The molecular weight excluding hydrogens is 668 g/mol. The fourth-order valence-electron chi connectivity index (χ4n) is 7.39. The zero-order valence-corrected chi connectivity index (χ0v) is 31.9. The van der Waals surface area contributed by atoms with Crippen molar-refractivity contribution in [3.63, 3.8) is 0 Å². The van der Waals surface area contributed by atoms with Crippen molar-refractivity contribution in [3.05, 3.63) is 116 Å². The van der Waals surface area contributed by atoms with Crippen molar-refractivity contribution in [2.24, 2.45) is 0 Å². The Morgan fingerprint density at radius 2 is 0.887 bits per heavy atom. The summed E-state index contributed by atoms with van der Waals surface area (Å²) < 4.78 is 44.3. The van der Waals surface area contributed by atoms with Gasteiger partial charge in [0.25, 0.3) is 0 Å². The Morgan fingerprint density at radius 3 is 1.23 bits per heavy atom. The minimum Gasteiger partial charge on any atom is -0.491 e. The third-order valence-corrected chi connectivity index (χ3v) is 9.55. The molecule has 0 amide bonds. The van der Waals surface area contributed by atoms with Gasteiger partial charge in [-0.15, -0.1) is 0 Å². The molecule has 0 atom stereocenters. The highest BCUT2D eigenvalue weighted by atomic mass is 16.5. The first-order valence-corrected chi connectivity index (χ1v) is 19.2. The molecule has 2 N–H and O–H groups in total. The molecule has 0 spiro atoms. The molecule has 1 aliphatic carbocycles. The lowest BCUT2D eigenvalue weighted by molar-refractivity contribution is 0.0755. The van der Waals surface area contributed by atoms with E-state index < -0.39 is 0 Å². The molecule has 284 valence electrons. The summed E-state index contributed by atoms with van der Waals surface area (Å²) in [5, 5.41) is 6.75. The van der Waals surface area contributed by atoms with E-state index in [0.717, 1.165) is 80.6 Å². The van der Waals surface area contributed by atoms with Gasteiger partial charge in [0, 0.05) is 52.0 Å². The molecule has 0 saturated heterocycles. The molecule has 0 radical (unpaired) electrons. The molecule has 0 fully saturated rings. The van der Waals surface area contributed by atoms with Crippen LogP contribution in [-0.2, 0) is 53.0 Å². The predicted molar refractivity (Wildman–Crippen MR) is 208 cm³/mol. The van der Waals surface area contributed by atoms with E-state index in [-0.39, 0.29) is 0 Å². The third-order valence-electron chi connectivity index (χ3n) is 9.55. The van der Waals surface area contributed by atoms with E-state index in [9.17, 15) is 0 Å². The summed E-state index contributed by atoms with van der Waals surface area (Å²) in [7, 11) is 3.97. The Bertz CT molecular complexity index is 1570. The predicted octanol–water partition coefficient (Wildman–Crippen LogP) is 6.42. The van der Waals surface area contributed by atoms with Crippen LogP contribution in [0, 0.1) is 0 Å². The zero-order valence-electron chi connectivity index (χ0n) is 31.9. The average Bonchev–Trinajstić information content (AvgIpc) is 3.14. The van der Waals surface area contributed by atoms with Gasteiger partial charge in [0.1, 0.15) is 49.4 Å². The second-order valence-corrected chi connectivity index (χ2v) is 13.5. The molecule has 10 bridgehead atoms. The number of benzene rings is 4. The van der Waals surface area contributed by atoms with Gasteiger partial charge in [-0.05, 0) is 83.6 Å². The molecule has 0 unspecified atom stereocenters. The monoisotopic (exact) mass is 724 g/mol. The lowest BCUT2D eigenvalue weighted by Gasteiger charge is -2.24. The summed E-state index contributed by atoms with van der Waals surface area (Å²) in [6.45, 7) is 10.4. The standard InChI is InChI=1S/C44H56N2O7/c1-5-47-13-17-50-41-33-9-7-10-34(41)26-38-22-32(30-46-4)24-40-28-36-12-8-11-35(42(36)51-18-14-48-6-2)27-39-23-31(29-45-3)21-37(25-33)43(39)52-19-15-49-16-20-53-44(38)40/h7-12,21-24,45-46H,5-6,13-20,25-30H2,1-4H3. The Labute approximate surface area is 315 Å². The second-order valence-electron chi connectivity index (χ2n) is 13.5. The van der Waals surface area contributed by atoms with Crippen molar-refractivity contribution in [1.29, 1.82) is 0 Å². The van der Waals surface area contributed by atoms with E-state index in [1.165, 1.54) is 11.1 Å². The van der Waals surface area contributed by atoms with Crippen molar-refractivity contribution >= 4 is 0 Å². The van der Waals surface area contributed by atoms with E-state index in [0.29, 0.717) is 91.8 Å². The minimum absolute atomic E-state index is 0.413. The molecule has 2 aliphatic heterocycles. The Balaban J connectivity index is 1.62. The number of fused-ring (bicyclic) bond motifs is 6. The van der Waals surface area contributed by atoms with Crippen molar-refractivity contribution in [2.75, 3.05) is 80.2 Å². The van der Waals surface area contributed by atoms with Gasteiger partial charge >= 0.3 is 0 Å². The molecule has 7 rings (SSSR count). The van der Waals surface area contributed by atoms with Gasteiger partial charge in [0.2, 0.25) is 0 Å². The minimum atomic E-state index is 0.413. The van der Waals surface area contributed by atoms with Crippen LogP contribution in [0.15, 0.2) is 60.7 Å². The van der Waals surface area contributed by atoms with Crippen LogP contribution >= 0.6 is 0 Å². The smallest absolute Gasteiger partial charge is 0.126 e. The van der Waals surface area contributed by atoms with E-state index in [1.807, 2.05) is 27.9 Å². The molecule has 4 aromatic carbocycles. The average molecular weight is 725 g/mol. The van der Waals surface area contributed by atoms with Crippen LogP contribution in [0.3, 0.4) is 0 Å².